The van der Waals surface area contributed by atoms with Gasteiger partial charge in [0.15, 0.2) is 5.82 Å². The van der Waals surface area contributed by atoms with Gasteiger partial charge in [-0.25, -0.2) is 9.97 Å². The van der Waals surface area contributed by atoms with Crippen LogP contribution in [0.4, 0.5) is 5.82 Å². The molecule has 232 valence electrons. The fourth-order valence-corrected chi connectivity index (χ4v) is 6.11. The van der Waals surface area contributed by atoms with E-state index in [4.69, 9.17) is 21.2 Å². The number of anilines is 1. The van der Waals surface area contributed by atoms with Gasteiger partial charge in [0, 0.05) is 43.5 Å². The maximum Gasteiger partial charge on any atom is 0.222 e. The molecule has 6 N–H and O–H groups in total. The van der Waals surface area contributed by atoms with E-state index in [1.807, 2.05) is 12.1 Å². The van der Waals surface area contributed by atoms with Crippen molar-refractivity contribution in [3.8, 4) is 0 Å². The molecule has 1 aromatic carbocycles. The zero-order valence-corrected chi connectivity index (χ0v) is 25.7. The number of aryl methyl sites for hydroxylation is 2. The number of nitrogen functional groups attached to an aromatic ring is 1. The number of benzene rings is 1. The minimum atomic E-state index is 0.0898. The number of imidazole rings is 1. The number of fused-ring (bicyclic) bond motifs is 3. The molecule has 1 amide bonds. The summed E-state index contributed by atoms with van der Waals surface area (Å²) in [5.74, 6) is 1.70. The number of para-hydroxylation sites is 1. The first kappa shape index (κ1) is 32.2. The van der Waals surface area contributed by atoms with Crippen molar-refractivity contribution in [3.63, 3.8) is 0 Å². The van der Waals surface area contributed by atoms with Crippen LogP contribution in [0.25, 0.3) is 21.9 Å². The summed E-state index contributed by atoms with van der Waals surface area (Å²) < 4.78 is 8.10. The number of nitrogens with zero attached hydrogens (tertiary/aromatic N) is 3. The second kappa shape index (κ2) is 17.4. The third kappa shape index (κ3) is 9.64. The Labute approximate surface area is 251 Å². The number of nitrogens with two attached hydrogens (primary N) is 2. The van der Waals surface area contributed by atoms with E-state index < -0.39 is 0 Å². The SMILES string of the molecule is CCCc1nc2c(N)nc3ccccc3c2n1CCCCNCCCCOCCC(=O)NC1CCCCCCC(N)C1. The van der Waals surface area contributed by atoms with Crippen molar-refractivity contribution in [2.24, 2.45) is 5.73 Å². The fraction of sp³-hybridized carbons (Fsp3) is 0.667. The van der Waals surface area contributed by atoms with Crippen LogP contribution in [-0.2, 0) is 22.5 Å². The predicted molar refractivity (Wildman–Crippen MR) is 172 cm³/mol. The van der Waals surface area contributed by atoms with Gasteiger partial charge in [0.25, 0.3) is 0 Å². The highest BCUT2D eigenvalue weighted by Gasteiger charge is 2.18. The lowest BCUT2D eigenvalue weighted by Gasteiger charge is -2.21. The van der Waals surface area contributed by atoms with Gasteiger partial charge in [-0.05, 0) is 70.5 Å². The van der Waals surface area contributed by atoms with E-state index in [0.29, 0.717) is 25.5 Å². The Hall–Kier alpha value is -2.75. The topological polar surface area (TPSA) is 133 Å². The molecule has 1 fully saturated rings. The number of ether oxygens (including phenoxy) is 1. The Bertz CT molecular complexity index is 1240. The molecule has 0 aliphatic heterocycles. The summed E-state index contributed by atoms with van der Waals surface area (Å²) in [6.07, 6.45) is 14.5. The molecule has 1 aliphatic carbocycles. The molecule has 3 aromatic rings. The van der Waals surface area contributed by atoms with Crippen molar-refractivity contribution < 1.29 is 9.53 Å². The number of carbonyl (C=O) groups excluding carboxylic acids is 1. The van der Waals surface area contributed by atoms with Crippen LogP contribution in [0.1, 0.15) is 96.2 Å². The highest BCUT2D eigenvalue weighted by Crippen LogP contribution is 2.29. The van der Waals surface area contributed by atoms with Gasteiger partial charge in [-0.1, -0.05) is 50.8 Å². The van der Waals surface area contributed by atoms with E-state index in [1.54, 1.807) is 0 Å². The van der Waals surface area contributed by atoms with Crippen molar-refractivity contribution in [2.45, 2.75) is 115 Å². The summed E-state index contributed by atoms with van der Waals surface area (Å²) >= 11 is 0. The molecule has 2 atom stereocenters. The van der Waals surface area contributed by atoms with Crippen molar-refractivity contribution in [2.75, 3.05) is 32.0 Å². The van der Waals surface area contributed by atoms with Crippen molar-refractivity contribution in [1.29, 1.82) is 0 Å². The second-order valence-electron chi connectivity index (χ2n) is 11.9. The summed E-state index contributed by atoms with van der Waals surface area (Å²) in [4.78, 5) is 21.8. The summed E-state index contributed by atoms with van der Waals surface area (Å²) in [6.45, 7) is 6.27. The molecular formula is C33H53N7O2. The summed E-state index contributed by atoms with van der Waals surface area (Å²) in [7, 11) is 0. The second-order valence-corrected chi connectivity index (χ2v) is 11.9. The predicted octanol–water partition coefficient (Wildman–Crippen LogP) is 5.23. The van der Waals surface area contributed by atoms with Gasteiger partial charge in [-0.2, -0.15) is 0 Å². The van der Waals surface area contributed by atoms with E-state index in [2.05, 4.69) is 39.2 Å². The molecule has 42 heavy (non-hydrogen) atoms. The monoisotopic (exact) mass is 579 g/mol. The first-order valence-corrected chi connectivity index (χ1v) is 16.4. The summed E-state index contributed by atoms with van der Waals surface area (Å²) in [6, 6.07) is 8.61. The van der Waals surface area contributed by atoms with Crippen LogP contribution in [-0.4, -0.2) is 58.8 Å². The molecule has 2 aromatic heterocycles. The van der Waals surface area contributed by atoms with Gasteiger partial charge in [-0.3, -0.25) is 4.79 Å². The lowest BCUT2D eigenvalue weighted by molar-refractivity contribution is -0.123. The van der Waals surface area contributed by atoms with Gasteiger partial charge >= 0.3 is 0 Å². The third-order valence-electron chi connectivity index (χ3n) is 8.34. The van der Waals surface area contributed by atoms with Crippen LogP contribution in [0.2, 0.25) is 0 Å². The maximum absolute atomic E-state index is 12.4. The normalized spacial score (nSPS) is 18.1. The average Bonchev–Trinajstić information content (AvgIpc) is 3.38. The minimum Gasteiger partial charge on any atom is -0.382 e. The van der Waals surface area contributed by atoms with Gasteiger partial charge in [0.2, 0.25) is 5.91 Å². The smallest absolute Gasteiger partial charge is 0.222 e. The van der Waals surface area contributed by atoms with E-state index in [9.17, 15) is 4.79 Å². The fourth-order valence-electron chi connectivity index (χ4n) is 6.11. The molecule has 0 spiro atoms. The van der Waals surface area contributed by atoms with Crippen molar-refractivity contribution in [1.82, 2.24) is 25.2 Å². The first-order chi connectivity index (χ1) is 20.6. The van der Waals surface area contributed by atoms with Gasteiger partial charge in [-0.15, -0.1) is 0 Å². The van der Waals surface area contributed by atoms with Crippen LogP contribution in [0.15, 0.2) is 24.3 Å². The number of amides is 1. The van der Waals surface area contributed by atoms with Crippen molar-refractivity contribution in [3.05, 3.63) is 30.1 Å². The standard InChI is InChI=1S/C33H53N7O2/c1-2-13-29-39-31-32(27-16-7-8-17-28(27)38-33(31)35)40(29)21-11-9-19-36-20-10-12-22-42-23-18-30(41)37-26-15-6-4-3-5-14-25(34)24-26/h7-8,16-17,25-26,36H,2-6,9-15,18-24,34H2,1H3,(H2,35,38)(H,37,41). The summed E-state index contributed by atoms with van der Waals surface area (Å²) in [5.41, 5.74) is 15.4. The highest BCUT2D eigenvalue weighted by molar-refractivity contribution is 6.06. The summed E-state index contributed by atoms with van der Waals surface area (Å²) in [5, 5.41) is 7.88. The van der Waals surface area contributed by atoms with Crippen LogP contribution in [0.5, 0.6) is 0 Å². The molecule has 9 heteroatoms. The van der Waals surface area contributed by atoms with Crippen LogP contribution in [0.3, 0.4) is 0 Å². The number of carbonyl (C=O) groups is 1. The molecular weight excluding hydrogens is 526 g/mol. The molecule has 2 unspecified atom stereocenters. The third-order valence-corrected chi connectivity index (χ3v) is 8.34. The zero-order chi connectivity index (χ0) is 29.6. The number of hydrogen-bond acceptors (Lipinski definition) is 7. The van der Waals surface area contributed by atoms with E-state index in [-0.39, 0.29) is 18.0 Å². The molecule has 1 saturated carbocycles. The molecule has 0 saturated heterocycles. The highest BCUT2D eigenvalue weighted by atomic mass is 16.5. The van der Waals surface area contributed by atoms with E-state index in [0.717, 1.165) is 105 Å². The largest absolute Gasteiger partial charge is 0.382 e. The Morgan fingerprint density at radius 3 is 2.64 bits per heavy atom. The number of pyridine rings is 1. The van der Waals surface area contributed by atoms with E-state index >= 15 is 0 Å². The van der Waals surface area contributed by atoms with Gasteiger partial charge in [0.05, 0.1) is 17.6 Å². The van der Waals surface area contributed by atoms with Crippen molar-refractivity contribution >= 4 is 33.7 Å². The number of unbranched alkanes of at least 4 members (excludes halogenated alkanes) is 2. The van der Waals surface area contributed by atoms with Gasteiger partial charge in [0.1, 0.15) is 11.3 Å². The minimum absolute atomic E-state index is 0.0898. The molecule has 9 nitrogen and oxygen atoms in total. The Kier molecular flexibility index (Phi) is 13.3. The quantitative estimate of drug-likeness (QED) is 0.171. The van der Waals surface area contributed by atoms with Gasteiger partial charge < -0.3 is 31.4 Å². The molecule has 1 aliphatic rings. The van der Waals surface area contributed by atoms with E-state index in [1.165, 1.54) is 25.7 Å². The molecule has 2 heterocycles. The Morgan fingerprint density at radius 2 is 1.81 bits per heavy atom. The molecule has 4 rings (SSSR count). The maximum atomic E-state index is 12.4. The Balaban J connectivity index is 1.07. The first-order valence-electron chi connectivity index (χ1n) is 16.4. The molecule has 0 bridgehead atoms. The average molecular weight is 580 g/mol. The lowest BCUT2D eigenvalue weighted by atomic mass is 10.0. The number of aromatic nitrogens is 3. The zero-order valence-electron chi connectivity index (χ0n) is 25.7. The number of rotatable bonds is 16. The van der Waals surface area contributed by atoms with Crippen LogP contribution in [0, 0.1) is 0 Å². The number of hydrogen-bond donors (Lipinski definition) is 4. The number of nitrogens with one attached hydrogen (secondary N) is 2. The van der Waals surface area contributed by atoms with Crippen LogP contribution >= 0.6 is 0 Å². The Morgan fingerprint density at radius 1 is 1.02 bits per heavy atom. The molecule has 0 radical (unpaired) electrons. The van der Waals surface area contributed by atoms with Crippen LogP contribution < -0.4 is 22.1 Å². The lowest BCUT2D eigenvalue weighted by Crippen LogP contribution is -2.39.